The molecule has 2 aliphatic rings. The van der Waals surface area contributed by atoms with Gasteiger partial charge in [-0.2, -0.15) is 11.8 Å². The van der Waals surface area contributed by atoms with E-state index < -0.39 is 0 Å². The summed E-state index contributed by atoms with van der Waals surface area (Å²) < 4.78 is 0. The highest BCUT2D eigenvalue weighted by Gasteiger charge is 2.40. The number of nitrogens with zero attached hydrogens (tertiary/aromatic N) is 1. The van der Waals surface area contributed by atoms with Gasteiger partial charge < -0.3 is 10.4 Å². The van der Waals surface area contributed by atoms with E-state index in [4.69, 9.17) is 5.11 Å². The third-order valence-electron chi connectivity index (χ3n) is 2.27. The average molecular weight is 172 g/mol. The van der Waals surface area contributed by atoms with Gasteiger partial charge in [0.2, 0.25) is 0 Å². The number of amidine groups is 1. The van der Waals surface area contributed by atoms with E-state index in [1.165, 1.54) is 0 Å². The second-order valence-electron chi connectivity index (χ2n) is 2.97. The molecule has 2 aliphatic heterocycles. The minimum absolute atomic E-state index is 0.138. The van der Waals surface area contributed by atoms with Crippen LogP contribution in [0.4, 0.5) is 0 Å². The van der Waals surface area contributed by atoms with Crippen LogP contribution in [0.3, 0.4) is 0 Å². The summed E-state index contributed by atoms with van der Waals surface area (Å²) in [7, 11) is 0. The number of hydrogen-bond donors (Lipinski definition) is 2. The molecule has 11 heavy (non-hydrogen) atoms. The molecule has 3 nitrogen and oxygen atoms in total. The fraction of sp³-hybridized carbons (Fsp3) is 0.857. The van der Waals surface area contributed by atoms with Crippen LogP contribution in [0.5, 0.6) is 0 Å². The van der Waals surface area contributed by atoms with Gasteiger partial charge in [0.1, 0.15) is 0 Å². The Morgan fingerprint density at radius 2 is 2.64 bits per heavy atom. The SMILES string of the molecule is CCC1SCC2NC(O)=NC21. The molecule has 2 heterocycles. The fourth-order valence-corrected chi connectivity index (χ4v) is 3.11. The third kappa shape index (κ3) is 1.09. The molecule has 0 spiro atoms. The van der Waals surface area contributed by atoms with Gasteiger partial charge in [-0.3, -0.25) is 0 Å². The zero-order valence-electron chi connectivity index (χ0n) is 6.45. The van der Waals surface area contributed by atoms with Crippen molar-refractivity contribution in [2.24, 2.45) is 4.99 Å². The number of aliphatic imine (C=N–C) groups is 1. The van der Waals surface area contributed by atoms with Gasteiger partial charge in [-0.25, -0.2) is 4.99 Å². The molecular weight excluding hydrogens is 160 g/mol. The molecule has 62 valence electrons. The summed E-state index contributed by atoms with van der Waals surface area (Å²) in [5, 5.41) is 12.7. The molecule has 0 aromatic heterocycles. The average Bonchev–Trinajstić information content (AvgIpc) is 2.45. The van der Waals surface area contributed by atoms with E-state index in [-0.39, 0.29) is 6.02 Å². The second-order valence-corrected chi connectivity index (χ2v) is 4.25. The van der Waals surface area contributed by atoms with Gasteiger partial charge in [-0.15, -0.1) is 0 Å². The molecule has 4 heteroatoms. The van der Waals surface area contributed by atoms with Crippen molar-refractivity contribution in [1.82, 2.24) is 5.32 Å². The smallest absolute Gasteiger partial charge is 0.282 e. The van der Waals surface area contributed by atoms with Gasteiger partial charge in [0.05, 0.1) is 12.1 Å². The molecule has 3 atom stereocenters. The molecule has 1 saturated heterocycles. The van der Waals surface area contributed by atoms with E-state index in [0.717, 1.165) is 12.2 Å². The molecule has 1 fully saturated rings. The van der Waals surface area contributed by atoms with Crippen LogP contribution >= 0.6 is 11.8 Å². The van der Waals surface area contributed by atoms with Crippen LogP contribution in [0, 0.1) is 0 Å². The molecule has 0 saturated carbocycles. The summed E-state index contributed by atoms with van der Waals surface area (Å²) in [4.78, 5) is 4.14. The number of rotatable bonds is 1. The molecule has 0 radical (unpaired) electrons. The Hall–Kier alpha value is -0.380. The Morgan fingerprint density at radius 3 is 3.36 bits per heavy atom. The zero-order valence-corrected chi connectivity index (χ0v) is 7.27. The topological polar surface area (TPSA) is 44.6 Å². The first-order valence-electron chi connectivity index (χ1n) is 3.96. The van der Waals surface area contributed by atoms with E-state index in [2.05, 4.69) is 17.2 Å². The number of nitrogens with one attached hydrogen (secondary N) is 1. The third-order valence-corrected chi connectivity index (χ3v) is 3.86. The Morgan fingerprint density at radius 1 is 1.82 bits per heavy atom. The molecule has 2 N–H and O–H groups in total. The first-order valence-corrected chi connectivity index (χ1v) is 5.01. The summed E-state index contributed by atoms with van der Waals surface area (Å²) in [5.41, 5.74) is 0. The molecule has 0 aromatic rings. The number of aliphatic hydroxyl groups is 1. The summed E-state index contributed by atoms with van der Waals surface area (Å²) in [6.07, 6.45) is 1.14. The summed E-state index contributed by atoms with van der Waals surface area (Å²) in [5.74, 6) is 1.08. The van der Waals surface area contributed by atoms with Gasteiger partial charge in [0.15, 0.2) is 0 Å². The molecule has 0 amide bonds. The van der Waals surface area contributed by atoms with Crippen LogP contribution in [0.2, 0.25) is 0 Å². The zero-order chi connectivity index (χ0) is 7.84. The van der Waals surface area contributed by atoms with Crippen LogP contribution in [0.1, 0.15) is 13.3 Å². The van der Waals surface area contributed by atoms with E-state index in [1.807, 2.05) is 11.8 Å². The quantitative estimate of drug-likeness (QED) is 0.614. The predicted molar refractivity (Wildman–Crippen MR) is 47.3 cm³/mol. The highest BCUT2D eigenvalue weighted by atomic mass is 32.2. The van der Waals surface area contributed by atoms with E-state index in [1.54, 1.807) is 0 Å². The Balaban J connectivity index is 2.11. The maximum Gasteiger partial charge on any atom is 0.282 e. The van der Waals surface area contributed by atoms with Crippen molar-refractivity contribution in [2.75, 3.05) is 5.75 Å². The molecule has 3 unspecified atom stereocenters. The van der Waals surface area contributed by atoms with Crippen molar-refractivity contribution >= 4 is 17.8 Å². The van der Waals surface area contributed by atoms with Crippen molar-refractivity contribution in [3.05, 3.63) is 0 Å². The van der Waals surface area contributed by atoms with Gasteiger partial charge in [0.25, 0.3) is 6.02 Å². The van der Waals surface area contributed by atoms with Crippen LogP contribution in [-0.4, -0.2) is 34.2 Å². The lowest BCUT2D eigenvalue weighted by Crippen LogP contribution is -2.35. The normalized spacial score (nSPS) is 41.5. The summed E-state index contributed by atoms with van der Waals surface area (Å²) >= 11 is 1.96. The van der Waals surface area contributed by atoms with Crippen molar-refractivity contribution in [2.45, 2.75) is 30.7 Å². The highest BCUT2D eigenvalue weighted by Crippen LogP contribution is 2.33. The molecule has 0 bridgehead atoms. The van der Waals surface area contributed by atoms with E-state index in [0.29, 0.717) is 17.3 Å². The van der Waals surface area contributed by atoms with Gasteiger partial charge in [-0.05, 0) is 6.42 Å². The Kier molecular flexibility index (Phi) is 1.71. The van der Waals surface area contributed by atoms with Crippen LogP contribution < -0.4 is 5.32 Å². The molecule has 2 rings (SSSR count). The first-order chi connectivity index (χ1) is 5.31. The largest absolute Gasteiger partial charge is 0.481 e. The number of thioether (sulfide) groups is 1. The standard InChI is InChI=1S/C7H12N2OS/c1-2-5-6-4(3-11-5)8-7(10)9-6/h4-6H,2-3H2,1H3,(H2,8,9,10). The van der Waals surface area contributed by atoms with E-state index in [9.17, 15) is 0 Å². The maximum absolute atomic E-state index is 9.08. The van der Waals surface area contributed by atoms with Gasteiger partial charge in [-0.1, -0.05) is 6.92 Å². The highest BCUT2D eigenvalue weighted by molar-refractivity contribution is 8.00. The predicted octanol–water partition coefficient (Wildman–Crippen LogP) is 0.766. The lowest BCUT2D eigenvalue weighted by molar-refractivity contribution is 0.513. The van der Waals surface area contributed by atoms with Gasteiger partial charge in [0, 0.05) is 11.0 Å². The van der Waals surface area contributed by atoms with Crippen molar-refractivity contribution in [1.29, 1.82) is 0 Å². The lowest BCUT2D eigenvalue weighted by atomic mass is 10.1. The minimum atomic E-state index is 0.138. The molecule has 0 aromatic carbocycles. The van der Waals surface area contributed by atoms with Crippen molar-refractivity contribution < 1.29 is 5.11 Å². The fourth-order valence-electron chi connectivity index (χ4n) is 1.69. The van der Waals surface area contributed by atoms with E-state index >= 15 is 0 Å². The maximum atomic E-state index is 9.08. The lowest BCUT2D eigenvalue weighted by Gasteiger charge is -2.10. The van der Waals surface area contributed by atoms with Crippen LogP contribution in [0.25, 0.3) is 0 Å². The first kappa shape index (κ1) is 7.28. The molecule has 0 aliphatic carbocycles. The monoisotopic (exact) mass is 172 g/mol. The summed E-state index contributed by atoms with van der Waals surface area (Å²) in [6, 6.07) is 0.855. The number of aliphatic hydroxyl groups excluding tert-OH is 1. The number of fused-ring (bicyclic) bond motifs is 1. The minimum Gasteiger partial charge on any atom is -0.481 e. The van der Waals surface area contributed by atoms with Crippen molar-refractivity contribution in [3.8, 4) is 0 Å². The van der Waals surface area contributed by atoms with Crippen LogP contribution in [0.15, 0.2) is 4.99 Å². The van der Waals surface area contributed by atoms with Gasteiger partial charge >= 0.3 is 0 Å². The van der Waals surface area contributed by atoms with Crippen LogP contribution in [-0.2, 0) is 0 Å². The summed E-state index contributed by atoms with van der Waals surface area (Å²) in [6.45, 7) is 2.17. The number of hydrogen-bond acceptors (Lipinski definition) is 3. The Labute approximate surface area is 70.3 Å². The Bertz CT molecular complexity index is 195. The van der Waals surface area contributed by atoms with Crippen molar-refractivity contribution in [3.63, 3.8) is 0 Å². The second kappa shape index (κ2) is 2.59. The molecular formula is C7H12N2OS.